The summed E-state index contributed by atoms with van der Waals surface area (Å²) in [4.78, 5) is 11.0. The molecule has 2 atom stereocenters. The van der Waals surface area contributed by atoms with Crippen molar-refractivity contribution in [3.63, 3.8) is 0 Å². The molecule has 0 aliphatic rings. The Morgan fingerprint density at radius 2 is 1.82 bits per heavy atom. The zero-order valence-electron chi connectivity index (χ0n) is 10.9. The Bertz CT molecular complexity index is 337. The standard InChI is InChI=1S/C11H23NO4S/c1-5-9(4)10(11(13)14)12-17(15,16)7-6-8(2)3/h8-10,12H,5-7H2,1-4H3,(H,13,14). The van der Waals surface area contributed by atoms with E-state index in [9.17, 15) is 13.2 Å². The van der Waals surface area contributed by atoms with E-state index in [2.05, 4.69) is 4.72 Å². The zero-order valence-corrected chi connectivity index (χ0v) is 11.8. The number of aliphatic carboxylic acids is 1. The summed E-state index contributed by atoms with van der Waals surface area (Å²) in [6, 6.07) is -1.03. The molecule has 2 N–H and O–H groups in total. The van der Waals surface area contributed by atoms with E-state index < -0.39 is 22.0 Å². The predicted molar refractivity (Wildman–Crippen MR) is 67.3 cm³/mol. The minimum Gasteiger partial charge on any atom is -0.480 e. The lowest BCUT2D eigenvalue weighted by Crippen LogP contribution is -2.45. The van der Waals surface area contributed by atoms with Gasteiger partial charge in [0.25, 0.3) is 0 Å². The summed E-state index contributed by atoms with van der Waals surface area (Å²) in [5, 5.41) is 8.99. The second kappa shape index (κ2) is 6.96. The molecular weight excluding hydrogens is 242 g/mol. The molecule has 0 aromatic carbocycles. The van der Waals surface area contributed by atoms with Crippen molar-refractivity contribution in [1.82, 2.24) is 4.72 Å². The lowest BCUT2D eigenvalue weighted by molar-refractivity contribution is -0.140. The molecule has 0 saturated carbocycles. The third kappa shape index (κ3) is 6.63. The highest BCUT2D eigenvalue weighted by atomic mass is 32.2. The molecule has 5 nitrogen and oxygen atoms in total. The lowest BCUT2D eigenvalue weighted by Gasteiger charge is -2.20. The topological polar surface area (TPSA) is 83.5 Å². The van der Waals surface area contributed by atoms with Crippen molar-refractivity contribution < 1.29 is 18.3 Å². The van der Waals surface area contributed by atoms with Gasteiger partial charge in [0, 0.05) is 0 Å². The van der Waals surface area contributed by atoms with Gasteiger partial charge in [0.1, 0.15) is 6.04 Å². The average Bonchev–Trinajstić information content (AvgIpc) is 2.22. The van der Waals surface area contributed by atoms with Crippen LogP contribution >= 0.6 is 0 Å². The molecule has 0 amide bonds. The first-order valence-electron chi connectivity index (χ1n) is 5.92. The molecule has 0 bridgehead atoms. The summed E-state index contributed by atoms with van der Waals surface area (Å²) >= 11 is 0. The van der Waals surface area contributed by atoms with Crippen LogP contribution in [0.3, 0.4) is 0 Å². The maximum Gasteiger partial charge on any atom is 0.322 e. The van der Waals surface area contributed by atoms with Crippen LogP contribution in [0.5, 0.6) is 0 Å². The minimum absolute atomic E-state index is 0.0229. The molecule has 0 fully saturated rings. The van der Waals surface area contributed by atoms with Crippen LogP contribution in [-0.4, -0.2) is 31.3 Å². The Balaban J connectivity index is 4.59. The Hall–Kier alpha value is -0.620. The summed E-state index contributed by atoms with van der Waals surface area (Å²) in [5.41, 5.74) is 0. The third-order valence-electron chi connectivity index (χ3n) is 2.75. The Labute approximate surface area is 104 Å². The van der Waals surface area contributed by atoms with Crippen molar-refractivity contribution in [2.24, 2.45) is 11.8 Å². The van der Waals surface area contributed by atoms with Crippen LogP contribution in [0.4, 0.5) is 0 Å². The zero-order chi connectivity index (χ0) is 13.6. The number of carboxylic acid groups (broad SMARTS) is 1. The summed E-state index contributed by atoms with van der Waals surface area (Å²) in [5.74, 6) is -1.09. The number of rotatable bonds is 8. The van der Waals surface area contributed by atoms with Gasteiger partial charge < -0.3 is 5.11 Å². The molecule has 2 unspecified atom stereocenters. The fourth-order valence-corrected chi connectivity index (χ4v) is 2.91. The molecule has 0 aliphatic heterocycles. The van der Waals surface area contributed by atoms with Crippen LogP contribution in [0.15, 0.2) is 0 Å². The third-order valence-corrected chi connectivity index (χ3v) is 4.14. The summed E-state index contributed by atoms with van der Waals surface area (Å²) in [7, 11) is -3.51. The number of hydrogen-bond acceptors (Lipinski definition) is 3. The Kier molecular flexibility index (Phi) is 6.70. The molecule has 17 heavy (non-hydrogen) atoms. The van der Waals surface area contributed by atoms with Crippen LogP contribution in [0, 0.1) is 11.8 Å². The van der Waals surface area contributed by atoms with Gasteiger partial charge in [-0.25, -0.2) is 13.1 Å². The largest absolute Gasteiger partial charge is 0.480 e. The highest BCUT2D eigenvalue weighted by Gasteiger charge is 2.28. The normalized spacial score (nSPS) is 15.8. The smallest absolute Gasteiger partial charge is 0.322 e. The van der Waals surface area contributed by atoms with Crippen molar-refractivity contribution in [2.45, 2.75) is 46.6 Å². The average molecular weight is 265 g/mol. The maximum atomic E-state index is 11.7. The van der Waals surface area contributed by atoms with Gasteiger partial charge in [-0.05, 0) is 18.3 Å². The molecule has 6 heteroatoms. The molecule has 0 saturated heterocycles. The Morgan fingerprint density at radius 3 is 2.18 bits per heavy atom. The number of nitrogens with one attached hydrogen (secondary N) is 1. The van der Waals surface area contributed by atoms with Crippen molar-refractivity contribution in [1.29, 1.82) is 0 Å². The second-order valence-corrected chi connectivity index (χ2v) is 6.69. The van der Waals surface area contributed by atoms with E-state index in [1.807, 2.05) is 20.8 Å². The van der Waals surface area contributed by atoms with Gasteiger partial charge in [0.15, 0.2) is 0 Å². The van der Waals surface area contributed by atoms with Crippen molar-refractivity contribution in [3.05, 3.63) is 0 Å². The van der Waals surface area contributed by atoms with E-state index in [0.717, 1.165) is 0 Å². The van der Waals surface area contributed by atoms with Crippen molar-refractivity contribution in [3.8, 4) is 0 Å². The summed E-state index contributed by atoms with van der Waals surface area (Å²) in [6.45, 7) is 7.42. The van der Waals surface area contributed by atoms with Gasteiger partial charge in [0.2, 0.25) is 10.0 Å². The van der Waals surface area contributed by atoms with Gasteiger partial charge in [-0.2, -0.15) is 0 Å². The highest BCUT2D eigenvalue weighted by Crippen LogP contribution is 2.10. The number of sulfonamides is 1. The maximum absolute atomic E-state index is 11.7. The van der Waals surface area contributed by atoms with E-state index in [4.69, 9.17) is 5.11 Å². The molecule has 0 spiro atoms. The number of carboxylic acids is 1. The van der Waals surface area contributed by atoms with Gasteiger partial charge in [-0.15, -0.1) is 0 Å². The summed E-state index contributed by atoms with van der Waals surface area (Å²) in [6.07, 6.45) is 1.14. The van der Waals surface area contributed by atoms with Gasteiger partial charge in [-0.3, -0.25) is 4.79 Å². The van der Waals surface area contributed by atoms with Crippen LogP contribution < -0.4 is 4.72 Å². The first-order chi connectivity index (χ1) is 7.69. The van der Waals surface area contributed by atoms with Crippen molar-refractivity contribution >= 4 is 16.0 Å². The molecular formula is C11H23NO4S. The molecule has 0 heterocycles. The summed E-state index contributed by atoms with van der Waals surface area (Å²) < 4.78 is 25.7. The first-order valence-corrected chi connectivity index (χ1v) is 7.57. The van der Waals surface area contributed by atoms with E-state index in [1.54, 1.807) is 6.92 Å². The number of hydrogen-bond donors (Lipinski definition) is 2. The first kappa shape index (κ1) is 16.4. The van der Waals surface area contributed by atoms with Crippen LogP contribution in [0.25, 0.3) is 0 Å². The molecule has 102 valence electrons. The quantitative estimate of drug-likeness (QED) is 0.696. The Morgan fingerprint density at radius 1 is 1.29 bits per heavy atom. The SMILES string of the molecule is CCC(C)C(NS(=O)(=O)CCC(C)C)C(=O)O. The van der Waals surface area contributed by atoms with Gasteiger partial charge in [0.05, 0.1) is 5.75 Å². The molecule has 0 aliphatic carbocycles. The van der Waals surface area contributed by atoms with E-state index >= 15 is 0 Å². The molecule has 0 aromatic heterocycles. The minimum atomic E-state index is -3.51. The molecule has 0 radical (unpaired) electrons. The fourth-order valence-electron chi connectivity index (χ4n) is 1.29. The van der Waals surface area contributed by atoms with Crippen LogP contribution in [0.2, 0.25) is 0 Å². The molecule has 0 aromatic rings. The lowest BCUT2D eigenvalue weighted by atomic mass is 10.0. The predicted octanol–water partition coefficient (Wildman–Crippen LogP) is 1.45. The van der Waals surface area contributed by atoms with Crippen LogP contribution in [0.1, 0.15) is 40.5 Å². The fraction of sp³-hybridized carbons (Fsp3) is 0.909. The highest BCUT2D eigenvalue weighted by molar-refractivity contribution is 7.89. The second-order valence-electron chi connectivity index (χ2n) is 4.82. The van der Waals surface area contributed by atoms with E-state index in [1.165, 1.54) is 0 Å². The van der Waals surface area contributed by atoms with Gasteiger partial charge >= 0.3 is 5.97 Å². The van der Waals surface area contributed by atoms with E-state index in [0.29, 0.717) is 12.8 Å². The van der Waals surface area contributed by atoms with Crippen LogP contribution in [-0.2, 0) is 14.8 Å². The van der Waals surface area contributed by atoms with Gasteiger partial charge in [-0.1, -0.05) is 34.1 Å². The van der Waals surface area contributed by atoms with E-state index in [-0.39, 0.29) is 17.6 Å². The monoisotopic (exact) mass is 265 g/mol. The molecule has 0 rings (SSSR count). The van der Waals surface area contributed by atoms with Crippen molar-refractivity contribution in [2.75, 3.05) is 5.75 Å². The number of carbonyl (C=O) groups is 1.